The van der Waals surface area contributed by atoms with E-state index in [0.29, 0.717) is 0 Å². The number of nitrogens with zero attached hydrogens (tertiary/aromatic N) is 5. The number of pyridine rings is 1. The molecule has 2 atom stereocenters. The highest BCUT2D eigenvalue weighted by molar-refractivity contribution is 5.82. The van der Waals surface area contributed by atoms with Crippen molar-refractivity contribution in [2.24, 2.45) is 12.5 Å². The maximum atomic E-state index is 14.0. The van der Waals surface area contributed by atoms with Crippen molar-refractivity contribution in [2.75, 3.05) is 13.7 Å². The minimum Gasteiger partial charge on any atom is -0.493 e. The number of esters is 1. The van der Waals surface area contributed by atoms with Crippen molar-refractivity contribution in [3.8, 4) is 11.6 Å². The molecule has 5 rings (SSSR count). The lowest BCUT2D eigenvalue weighted by molar-refractivity contribution is -0.198. The number of rotatable bonds is 6. The molecule has 2 aromatic heterocycles. The van der Waals surface area contributed by atoms with E-state index >= 15 is 0 Å². The van der Waals surface area contributed by atoms with Crippen molar-refractivity contribution >= 4 is 17.0 Å². The number of aromatic hydroxyl groups is 1. The maximum absolute atomic E-state index is 14.0. The summed E-state index contributed by atoms with van der Waals surface area (Å²) < 4.78 is 54.1. The van der Waals surface area contributed by atoms with Gasteiger partial charge in [0.1, 0.15) is 17.0 Å². The molecular weight excluding hydrogens is 563 g/mol. The molecule has 0 fully saturated rings. The zero-order chi connectivity index (χ0) is 31.3. The molecule has 1 N–H and O–H groups in total. The Morgan fingerprint density at radius 3 is 2.60 bits per heavy atom. The van der Waals surface area contributed by atoms with Crippen LogP contribution in [-0.4, -0.2) is 61.9 Å². The Labute approximate surface area is 247 Å². The number of halogens is 3. The molecule has 2 aromatic carbocycles. The van der Waals surface area contributed by atoms with Gasteiger partial charge in [0.05, 0.1) is 18.0 Å². The molecule has 1 aliphatic heterocycles. The second-order valence-corrected chi connectivity index (χ2v) is 11.6. The zero-order valence-electron chi connectivity index (χ0n) is 24.9. The highest BCUT2D eigenvalue weighted by atomic mass is 19.4. The average Bonchev–Trinajstić information content (AvgIpc) is 3.21. The van der Waals surface area contributed by atoms with Gasteiger partial charge in [0.25, 0.3) is 0 Å². The molecule has 12 heteroatoms. The van der Waals surface area contributed by atoms with Crippen molar-refractivity contribution in [3.63, 3.8) is 0 Å². The quantitative estimate of drug-likeness (QED) is 0.297. The Bertz CT molecular complexity index is 1680. The SMILES string of the molecule is COC(=O)C(C)(C)C(c1ccc(C)c(CN2Cc3nc(O)ccc3O[C@@H](C(F)(F)F)C2)c1)c1ccc2c(nnn2C)c1C. The molecule has 0 bridgehead atoms. The molecule has 0 saturated carbocycles. The third-order valence-electron chi connectivity index (χ3n) is 8.27. The van der Waals surface area contributed by atoms with Gasteiger partial charge in [-0.2, -0.15) is 13.2 Å². The zero-order valence-corrected chi connectivity index (χ0v) is 24.9. The molecule has 43 heavy (non-hydrogen) atoms. The van der Waals surface area contributed by atoms with Crippen LogP contribution in [0.5, 0.6) is 11.6 Å². The Morgan fingerprint density at radius 2 is 1.91 bits per heavy atom. The maximum Gasteiger partial charge on any atom is 0.426 e. The summed E-state index contributed by atoms with van der Waals surface area (Å²) in [6, 6.07) is 12.2. The van der Waals surface area contributed by atoms with E-state index in [1.807, 2.05) is 65.1 Å². The molecule has 0 aliphatic carbocycles. The summed E-state index contributed by atoms with van der Waals surface area (Å²) in [4.78, 5) is 18.8. The summed E-state index contributed by atoms with van der Waals surface area (Å²) in [5.74, 6) is -1.18. The number of hydrogen-bond acceptors (Lipinski definition) is 8. The van der Waals surface area contributed by atoms with Crippen LogP contribution in [0.1, 0.15) is 53.3 Å². The topological polar surface area (TPSA) is 103 Å². The highest BCUT2D eigenvalue weighted by Crippen LogP contribution is 2.44. The monoisotopic (exact) mass is 597 g/mol. The lowest BCUT2D eigenvalue weighted by Crippen LogP contribution is -2.42. The van der Waals surface area contributed by atoms with Crippen LogP contribution < -0.4 is 4.74 Å². The van der Waals surface area contributed by atoms with Gasteiger partial charge in [-0.1, -0.05) is 29.5 Å². The Kier molecular flexibility index (Phi) is 7.84. The lowest BCUT2D eigenvalue weighted by Gasteiger charge is -2.34. The molecule has 9 nitrogen and oxygen atoms in total. The first-order valence-electron chi connectivity index (χ1n) is 13.8. The normalized spacial score (nSPS) is 16.8. The van der Waals surface area contributed by atoms with Crippen LogP contribution in [0.25, 0.3) is 11.0 Å². The second-order valence-electron chi connectivity index (χ2n) is 11.6. The lowest BCUT2D eigenvalue weighted by atomic mass is 9.69. The second kappa shape index (κ2) is 11.1. The van der Waals surface area contributed by atoms with Gasteiger partial charge >= 0.3 is 12.1 Å². The highest BCUT2D eigenvalue weighted by Gasteiger charge is 2.45. The Balaban J connectivity index is 1.58. The van der Waals surface area contributed by atoms with E-state index in [1.165, 1.54) is 19.2 Å². The molecule has 4 aromatic rings. The van der Waals surface area contributed by atoms with Crippen LogP contribution in [-0.2, 0) is 29.7 Å². The van der Waals surface area contributed by atoms with E-state index in [-0.39, 0.29) is 30.4 Å². The molecular formula is C31H34F3N5O4. The fourth-order valence-corrected chi connectivity index (χ4v) is 5.90. The van der Waals surface area contributed by atoms with E-state index in [9.17, 15) is 23.1 Å². The van der Waals surface area contributed by atoms with Crippen molar-refractivity contribution in [1.29, 1.82) is 0 Å². The van der Waals surface area contributed by atoms with E-state index < -0.39 is 36.1 Å². The predicted octanol–water partition coefficient (Wildman–Crippen LogP) is 5.34. The number of methoxy groups -OCH3 is 1. The molecule has 0 spiro atoms. The first-order valence-corrected chi connectivity index (χ1v) is 13.8. The predicted molar refractivity (Wildman–Crippen MR) is 153 cm³/mol. The molecule has 0 amide bonds. The minimum atomic E-state index is -4.61. The number of fused-ring (bicyclic) bond motifs is 2. The van der Waals surface area contributed by atoms with Crippen molar-refractivity contribution in [1.82, 2.24) is 24.9 Å². The number of ether oxygens (including phenoxy) is 2. The van der Waals surface area contributed by atoms with Crippen LogP contribution in [0.15, 0.2) is 42.5 Å². The van der Waals surface area contributed by atoms with Gasteiger partial charge in [-0.3, -0.25) is 9.69 Å². The number of carbonyl (C=O) groups is 1. The van der Waals surface area contributed by atoms with Gasteiger partial charge in [0, 0.05) is 38.7 Å². The molecule has 3 heterocycles. The fraction of sp³-hybridized carbons (Fsp3) is 0.419. The minimum absolute atomic E-state index is 0.0112. The van der Waals surface area contributed by atoms with Crippen LogP contribution >= 0.6 is 0 Å². The number of aromatic nitrogens is 4. The fourth-order valence-electron chi connectivity index (χ4n) is 5.90. The average molecular weight is 598 g/mol. The first-order chi connectivity index (χ1) is 20.2. The van der Waals surface area contributed by atoms with E-state index in [1.54, 1.807) is 9.58 Å². The smallest absolute Gasteiger partial charge is 0.426 e. The summed E-state index contributed by atoms with van der Waals surface area (Å²) in [6.07, 6.45) is -6.68. The molecule has 228 valence electrons. The van der Waals surface area contributed by atoms with Crippen LogP contribution in [0, 0.1) is 19.3 Å². The third kappa shape index (κ3) is 5.75. The van der Waals surface area contributed by atoms with Gasteiger partial charge in [-0.15, -0.1) is 5.10 Å². The number of hydrogen-bond donors (Lipinski definition) is 1. The Hall–Kier alpha value is -4.19. The summed E-state index contributed by atoms with van der Waals surface area (Å²) in [6.45, 7) is 7.24. The van der Waals surface area contributed by atoms with Gasteiger partial charge in [-0.05, 0) is 67.6 Å². The van der Waals surface area contributed by atoms with Crippen LogP contribution in [0.4, 0.5) is 13.2 Å². The summed E-state index contributed by atoms with van der Waals surface area (Å²) in [5, 5.41) is 18.4. The third-order valence-corrected chi connectivity index (χ3v) is 8.27. The van der Waals surface area contributed by atoms with Crippen LogP contribution in [0.3, 0.4) is 0 Å². The molecule has 1 aliphatic rings. The summed E-state index contributed by atoms with van der Waals surface area (Å²) >= 11 is 0. The van der Waals surface area contributed by atoms with Crippen molar-refractivity contribution < 1.29 is 32.5 Å². The summed E-state index contributed by atoms with van der Waals surface area (Å²) in [7, 11) is 3.16. The van der Waals surface area contributed by atoms with Crippen molar-refractivity contribution in [2.45, 2.75) is 59.0 Å². The van der Waals surface area contributed by atoms with Gasteiger partial charge < -0.3 is 14.6 Å². The first kappa shape index (κ1) is 30.3. The summed E-state index contributed by atoms with van der Waals surface area (Å²) in [5.41, 5.74) is 4.97. The molecule has 0 radical (unpaired) electrons. The standard InChI is InChI=1S/C31H34F3N5O4/c1-17-7-8-19(27(30(3,4)29(41)42-6)21-9-10-23-28(18(21)2)36-37-38(23)5)13-20(17)14-39-15-22-24(11-12-26(40)35-22)43-25(16-39)31(32,33)34/h7-13,25,27H,14-16H2,1-6H3,(H,35,40)/t25-,27?/m1/s1. The van der Waals surface area contributed by atoms with E-state index in [4.69, 9.17) is 9.47 Å². The van der Waals surface area contributed by atoms with Gasteiger partial charge in [0.2, 0.25) is 12.0 Å². The van der Waals surface area contributed by atoms with Gasteiger partial charge in [0.15, 0.2) is 0 Å². The number of benzene rings is 2. The molecule has 0 saturated heterocycles. The number of alkyl halides is 3. The largest absolute Gasteiger partial charge is 0.493 e. The van der Waals surface area contributed by atoms with Crippen LogP contribution in [0.2, 0.25) is 0 Å². The van der Waals surface area contributed by atoms with E-state index in [0.717, 1.165) is 38.9 Å². The van der Waals surface area contributed by atoms with Crippen molar-refractivity contribution in [3.05, 3.63) is 76.0 Å². The molecule has 1 unspecified atom stereocenters. The number of carbonyl (C=O) groups excluding carboxylic acids is 1. The Morgan fingerprint density at radius 1 is 1.16 bits per heavy atom. The van der Waals surface area contributed by atoms with Gasteiger partial charge in [-0.25, -0.2) is 9.67 Å². The number of aryl methyl sites for hydroxylation is 3. The van der Waals surface area contributed by atoms with E-state index in [2.05, 4.69) is 15.3 Å².